The highest BCUT2D eigenvalue weighted by atomic mass is 32.2. The number of nitrogen functional groups attached to an aromatic ring is 2. The maximum Gasteiger partial charge on any atom is 0.492 e. The van der Waals surface area contributed by atoms with E-state index in [1.165, 1.54) is 22.9 Å². The lowest BCUT2D eigenvalue weighted by Crippen LogP contribution is -2.29. The van der Waals surface area contributed by atoms with E-state index in [0.29, 0.717) is 48.3 Å². The number of aromatic nitrogens is 3. The predicted octanol–water partition coefficient (Wildman–Crippen LogP) is 6.18. The summed E-state index contributed by atoms with van der Waals surface area (Å²) in [5, 5.41) is 23.7. The van der Waals surface area contributed by atoms with Gasteiger partial charge in [0, 0.05) is 95.8 Å². The number of benzene rings is 4. The second-order valence-corrected chi connectivity index (χ2v) is 28.8. The van der Waals surface area contributed by atoms with E-state index in [1.54, 1.807) is 67.6 Å². The number of nitrogens with one attached hydrogen (secondary N) is 5. The van der Waals surface area contributed by atoms with E-state index >= 15 is 0 Å². The normalized spacial score (nSPS) is 16.3. The van der Waals surface area contributed by atoms with Crippen LogP contribution in [0.2, 0.25) is 0 Å². The lowest BCUT2D eigenvalue weighted by Gasteiger charge is -2.22. The van der Waals surface area contributed by atoms with Crippen LogP contribution in [0.3, 0.4) is 0 Å². The summed E-state index contributed by atoms with van der Waals surface area (Å²) in [4.78, 5) is 96.0. The second-order valence-electron chi connectivity index (χ2n) is 22.4. The van der Waals surface area contributed by atoms with Gasteiger partial charge < -0.3 is 84.8 Å². The molecule has 1 fully saturated rings. The van der Waals surface area contributed by atoms with Gasteiger partial charge in [-0.15, -0.1) is 0 Å². The highest BCUT2D eigenvalue weighted by Crippen LogP contribution is 2.70. The molecule has 7 unspecified atom stereocenters. The van der Waals surface area contributed by atoms with E-state index < -0.39 is 106 Å². The van der Waals surface area contributed by atoms with Crippen LogP contribution in [0.5, 0.6) is 5.75 Å². The van der Waals surface area contributed by atoms with Crippen molar-refractivity contribution in [2.45, 2.75) is 62.2 Å². The molecule has 3 aliphatic rings. The molecule has 5 aromatic rings. The molecule has 3 aromatic carbocycles. The number of aromatic amines is 1. The summed E-state index contributed by atoms with van der Waals surface area (Å²) in [6.07, 6.45) is -2.74. The minimum atomic E-state index is -5.46. The summed E-state index contributed by atoms with van der Waals surface area (Å²) in [7, 11) is -19.3. The van der Waals surface area contributed by atoms with Crippen molar-refractivity contribution < 1.29 is 115 Å². The van der Waals surface area contributed by atoms with Crippen LogP contribution in [0.25, 0.3) is 65.3 Å². The molecule has 45 heteroatoms. The zero-order chi connectivity index (χ0) is 76.8. The first-order valence-corrected chi connectivity index (χ1v) is 37.4. The van der Waals surface area contributed by atoms with Crippen molar-refractivity contribution in [2.75, 3.05) is 112 Å². The molecule has 0 bridgehead atoms. The highest BCUT2D eigenvalue weighted by Gasteiger charge is 2.46. The van der Waals surface area contributed by atoms with E-state index in [-0.39, 0.29) is 153 Å². The van der Waals surface area contributed by atoms with Crippen LogP contribution in [-0.2, 0) is 84.0 Å². The van der Waals surface area contributed by atoms with Crippen molar-refractivity contribution >= 4 is 90.7 Å². The lowest BCUT2D eigenvalue weighted by molar-refractivity contribution is -0.126. The van der Waals surface area contributed by atoms with E-state index in [1.807, 2.05) is 0 Å². The van der Waals surface area contributed by atoms with E-state index in [4.69, 9.17) is 70.0 Å². The van der Waals surface area contributed by atoms with Gasteiger partial charge in [-0.05, 0) is 84.6 Å². The molecule has 0 saturated carbocycles. The number of ketones is 1. The van der Waals surface area contributed by atoms with Gasteiger partial charge in [-0.2, -0.15) is 22.0 Å². The highest BCUT2D eigenvalue weighted by molar-refractivity contribution is 7.86. The number of fused-ring (bicyclic) bond motifs is 3. The van der Waals surface area contributed by atoms with Gasteiger partial charge in [0.15, 0.2) is 22.4 Å². The second kappa shape index (κ2) is 38.2. The van der Waals surface area contributed by atoms with Gasteiger partial charge in [-0.25, -0.2) is 13.7 Å². The lowest BCUT2D eigenvalue weighted by atomic mass is 9.91. The molecule has 8 rings (SSSR count). The first kappa shape index (κ1) is 82.2. The molecule has 106 heavy (non-hydrogen) atoms. The number of ether oxygens (including phenoxy) is 7. The molecule has 0 radical (unpaired) electrons. The summed E-state index contributed by atoms with van der Waals surface area (Å²) >= 11 is 0. The number of phosphoric ester groups is 2. The van der Waals surface area contributed by atoms with Crippen molar-refractivity contribution in [3.63, 3.8) is 0 Å². The Bertz CT molecular complexity index is 4900. The molecule has 7 atom stereocenters. The number of hydrogen-bond donors (Lipinski definition) is 10. The minimum absolute atomic E-state index is 0.0450. The largest absolute Gasteiger partial charge is 0.492 e. The van der Waals surface area contributed by atoms with Crippen molar-refractivity contribution in [3.05, 3.63) is 138 Å². The average Bonchev–Trinajstić information content (AvgIpc) is 1.58. The van der Waals surface area contributed by atoms with Crippen LogP contribution in [0.1, 0.15) is 63.8 Å². The number of H-pyrrole nitrogens is 1. The summed E-state index contributed by atoms with van der Waals surface area (Å²) in [6.45, 7) is -0.0592. The Morgan fingerprint density at radius 2 is 1.60 bits per heavy atom. The first-order valence-electron chi connectivity index (χ1n) is 31.6. The van der Waals surface area contributed by atoms with E-state index in [0.717, 1.165) is 0 Å². The average molecular weight is 1560 g/mol. The molecule has 41 nitrogen and oxygen atoms in total. The maximum absolute atomic E-state index is 13.3. The standard InChI is InChI=1S/C61H72N15O26P3S/c1-36-45(62)16-14-43-52(44-15-17-46(63)56(106(87,88)89)55(44)100-54(36)43)37-8-4-9-38(28-37)58(79)69-21-23-93-25-24-92-22-18-41(77)12-7-20-68-59(80)39-10-5-13-42(29-39)96-34-50(73-75-66)95-27-26-94-33-49(78)67-19-6-11-40-31-76(57-53(40)60(81)72-61(64)71-57)51-30-47(97-35-70-74-65)48(99-51)32-98-104(84,85)102-105(86,91-3)101-103(82,83)90-2/h4-5,8-10,13-17,28-29,31,47-48,50-51,62H,7,12,18-27,30,32-35,63H2,1-3H3,(H,67,78)(H,68,80)(H,69,79)(H,82,83)(H,84,85)(H,87,88,89)(H3,64,71,72,81). The number of amides is 3. The summed E-state index contributed by atoms with van der Waals surface area (Å²) in [5.74, 6) is 4.09. The van der Waals surface area contributed by atoms with Crippen LogP contribution < -0.4 is 43.1 Å². The monoisotopic (exact) mass is 1560 g/mol. The maximum atomic E-state index is 13.3. The van der Waals surface area contributed by atoms with Crippen molar-refractivity contribution in [1.82, 2.24) is 30.5 Å². The van der Waals surface area contributed by atoms with Gasteiger partial charge in [0.1, 0.15) is 49.6 Å². The zero-order valence-electron chi connectivity index (χ0n) is 56.5. The Hall–Kier alpha value is -9.49. The van der Waals surface area contributed by atoms with Gasteiger partial charge in [0.25, 0.3) is 27.5 Å². The van der Waals surface area contributed by atoms with E-state index in [2.05, 4.69) is 75.5 Å². The topological polar surface area (TPSA) is 598 Å². The Balaban J connectivity index is 0.692. The summed E-state index contributed by atoms with van der Waals surface area (Å²) in [6, 6.07) is 18.9. The van der Waals surface area contributed by atoms with Gasteiger partial charge >= 0.3 is 23.5 Å². The fraction of sp³-hybridized carbons (Fsp3) is 0.393. The molecular weight excluding hydrogens is 1480 g/mol. The van der Waals surface area contributed by atoms with Crippen LogP contribution in [0.15, 0.2) is 103 Å². The Morgan fingerprint density at radius 3 is 2.33 bits per heavy atom. The van der Waals surface area contributed by atoms with Crippen LogP contribution in [0.4, 0.5) is 11.6 Å². The van der Waals surface area contributed by atoms with Crippen molar-refractivity contribution in [1.29, 1.82) is 5.41 Å². The Morgan fingerprint density at radius 1 is 0.887 bits per heavy atom. The number of rotatable bonds is 41. The molecule has 1 aliphatic carbocycles. The molecular formula is C61H72N15O26P3S. The SMILES string of the molecule is COP(=O)(O)OP(=O)(OC)OP(=O)(O)OCC1OC(n2cc(C#CCNC(=O)COCCOC(COc3cccc(C(=O)NCCCC(=O)CCOCCOCCNC(=O)c4cccc(-c5c6ccc(=N)c(C)c-6oc6c(S(=O)(=O)O)c(N)ccc56)c4)c3)N=[N+]=[N-])c3c(=O)[nH]c(N)nc32)CC1OCN=[N+]=[N-]. The molecule has 4 heterocycles. The van der Waals surface area contributed by atoms with Gasteiger partial charge in [0.05, 0.1) is 80.9 Å². The van der Waals surface area contributed by atoms with Crippen molar-refractivity contribution in [2.24, 2.45) is 10.2 Å². The smallest absolute Gasteiger partial charge is 0.491 e. The number of azide groups is 2. The number of anilines is 2. The Kier molecular flexibility index (Phi) is 29.6. The molecule has 2 aromatic heterocycles. The van der Waals surface area contributed by atoms with E-state index in [9.17, 15) is 60.4 Å². The number of carbonyl (C=O) groups is 4. The quantitative estimate of drug-likeness (QED) is 0.00235. The zero-order valence-corrected chi connectivity index (χ0v) is 60.0. The third-order valence-corrected chi connectivity index (χ3v) is 20.8. The van der Waals surface area contributed by atoms with Gasteiger partial charge in [-0.1, -0.05) is 40.3 Å². The molecule has 12 N–H and O–H groups in total. The van der Waals surface area contributed by atoms with Crippen LogP contribution >= 0.6 is 23.5 Å². The van der Waals surface area contributed by atoms with Gasteiger partial charge in [0.2, 0.25) is 11.9 Å². The summed E-state index contributed by atoms with van der Waals surface area (Å²) in [5.41, 5.74) is 31.2. The molecule has 2 aliphatic heterocycles. The number of hydrogen-bond acceptors (Lipinski definition) is 29. The summed E-state index contributed by atoms with van der Waals surface area (Å²) < 4.78 is 142. The molecule has 568 valence electrons. The molecule has 1 saturated heterocycles. The van der Waals surface area contributed by atoms with Gasteiger partial charge in [-0.3, -0.25) is 47.1 Å². The number of nitrogens with two attached hydrogens (primary N) is 2. The predicted molar refractivity (Wildman–Crippen MR) is 371 cm³/mol. The molecule has 3 amide bonds. The minimum Gasteiger partial charge on any atom is -0.491 e. The fourth-order valence-electron chi connectivity index (χ4n) is 10.3. The Labute approximate surface area is 601 Å². The number of nitrogens with zero attached hydrogens (tertiary/aromatic N) is 8. The van der Waals surface area contributed by atoms with Crippen molar-refractivity contribution in [3.8, 4) is 40.0 Å². The number of phosphoric acid groups is 3. The third-order valence-electron chi connectivity index (χ3n) is 15.2. The van der Waals surface area contributed by atoms with Crippen LogP contribution in [0, 0.1) is 24.2 Å². The number of Topliss-reactive ketones (excluding diaryl/α,β-unsaturated/α-hetero) is 1. The first-order chi connectivity index (χ1) is 50.6. The number of carbonyl (C=O) groups excluding carboxylic acids is 4. The fourth-order valence-corrected chi connectivity index (χ4v) is 14.8. The third kappa shape index (κ3) is 23.0. The molecule has 0 spiro atoms. The van der Waals surface area contributed by atoms with Crippen LogP contribution in [-0.4, -0.2) is 179 Å².